The van der Waals surface area contributed by atoms with Crippen molar-refractivity contribution in [3.05, 3.63) is 107 Å². The number of fused-ring (bicyclic) bond motifs is 1. The van der Waals surface area contributed by atoms with Gasteiger partial charge in [-0.05, 0) is 88.2 Å². The quantitative estimate of drug-likeness (QED) is 0.0508. The van der Waals surface area contributed by atoms with E-state index in [-0.39, 0.29) is 29.8 Å². The van der Waals surface area contributed by atoms with Crippen LogP contribution < -0.4 is 18.6 Å². The maximum Gasteiger partial charge on any atom is 0.345 e. The van der Waals surface area contributed by atoms with E-state index < -0.39 is 20.4 Å². The number of carbonyl (C=O) groups is 1. The van der Waals surface area contributed by atoms with Crippen LogP contribution in [0, 0.1) is 5.82 Å². The molecular formula is C45H50BrFN4O9SSi. The Morgan fingerprint density at radius 2 is 1.61 bits per heavy atom. The highest BCUT2D eigenvalue weighted by Crippen LogP contribution is 2.45. The summed E-state index contributed by atoms with van der Waals surface area (Å²) in [6.07, 6.45) is 1.50. The molecule has 3 aromatic heterocycles. The van der Waals surface area contributed by atoms with E-state index in [1.807, 2.05) is 36.4 Å². The molecule has 62 heavy (non-hydrogen) atoms. The number of nitrogens with zero attached hydrogens (tertiary/aromatic N) is 4. The standard InChI is InChI=1S/C45H50BrFN4O9SSi/c1-45(2,3)62(5,6)60-33-15-16-35(58-27-32-17-18-48-41(51-32)34-9-7-8-10-36(34)57-24-23-56-22-21-55-20-19-54-4)30(25-33)26-37(44(52)53)59-42-38-39(46)40(61-43(38)50-28-49-42)29-11-13-31(47)14-12-29/h7-18,25,28,37H,19-24,26-27H2,1-6H3,(H,52,53)/t37-/m1/s1. The number of halogens is 2. The zero-order chi connectivity index (χ0) is 44.3. The summed E-state index contributed by atoms with van der Waals surface area (Å²) in [6, 6.07) is 20.8. The molecule has 17 heteroatoms. The summed E-state index contributed by atoms with van der Waals surface area (Å²) < 4.78 is 55.7. The third kappa shape index (κ3) is 12.1. The number of aliphatic carboxylic acids is 1. The zero-order valence-electron chi connectivity index (χ0n) is 35.5. The molecule has 0 amide bonds. The number of aromatic nitrogens is 4. The van der Waals surface area contributed by atoms with Gasteiger partial charge < -0.3 is 38.0 Å². The number of methoxy groups -OCH3 is 1. The van der Waals surface area contributed by atoms with Gasteiger partial charge in [-0.25, -0.2) is 29.1 Å². The monoisotopic (exact) mass is 948 g/mol. The van der Waals surface area contributed by atoms with Gasteiger partial charge in [0.05, 0.1) is 59.0 Å². The molecule has 13 nitrogen and oxygen atoms in total. The van der Waals surface area contributed by atoms with Gasteiger partial charge in [0, 0.05) is 25.3 Å². The van der Waals surface area contributed by atoms with Crippen molar-refractivity contribution >= 4 is 51.8 Å². The summed E-state index contributed by atoms with van der Waals surface area (Å²) in [4.78, 5) is 32.4. The Balaban J connectivity index is 1.22. The molecule has 1 atom stereocenters. The number of carboxylic acids is 1. The molecule has 0 spiro atoms. The average Bonchev–Trinajstić information content (AvgIpc) is 3.59. The number of thiophene rings is 1. The number of rotatable bonds is 22. The summed E-state index contributed by atoms with van der Waals surface area (Å²) in [7, 11) is -0.655. The van der Waals surface area contributed by atoms with Gasteiger partial charge in [0.25, 0.3) is 0 Å². The molecule has 0 aliphatic heterocycles. The second-order valence-electron chi connectivity index (χ2n) is 15.6. The number of carboxylic acid groups (broad SMARTS) is 1. The third-order valence-corrected chi connectivity index (χ3v) is 16.7. The Morgan fingerprint density at radius 3 is 2.34 bits per heavy atom. The van der Waals surface area contributed by atoms with Crippen LogP contribution in [-0.4, -0.2) is 92.2 Å². The summed E-state index contributed by atoms with van der Waals surface area (Å²) in [6.45, 7) is 13.4. The zero-order valence-corrected chi connectivity index (χ0v) is 38.9. The molecule has 6 aromatic rings. The molecule has 0 saturated carbocycles. The molecule has 0 bridgehead atoms. The van der Waals surface area contributed by atoms with E-state index in [0.29, 0.717) is 94.2 Å². The highest BCUT2D eigenvalue weighted by molar-refractivity contribution is 9.10. The second-order valence-corrected chi connectivity index (χ2v) is 22.1. The highest BCUT2D eigenvalue weighted by Gasteiger charge is 2.39. The lowest BCUT2D eigenvalue weighted by atomic mass is 10.1. The molecule has 3 aromatic carbocycles. The highest BCUT2D eigenvalue weighted by atomic mass is 79.9. The van der Waals surface area contributed by atoms with Gasteiger partial charge in [0.15, 0.2) is 5.82 Å². The molecule has 3 heterocycles. The Labute approximate surface area is 373 Å². The van der Waals surface area contributed by atoms with E-state index >= 15 is 0 Å². The predicted octanol–water partition coefficient (Wildman–Crippen LogP) is 9.81. The lowest BCUT2D eigenvalue weighted by Gasteiger charge is -2.36. The third-order valence-electron chi connectivity index (χ3n) is 10.2. The van der Waals surface area contributed by atoms with E-state index in [9.17, 15) is 14.3 Å². The number of para-hydroxylation sites is 1. The number of ether oxygens (including phenoxy) is 6. The molecule has 0 radical (unpaired) electrons. The predicted molar refractivity (Wildman–Crippen MR) is 241 cm³/mol. The van der Waals surface area contributed by atoms with Gasteiger partial charge >= 0.3 is 5.97 Å². The van der Waals surface area contributed by atoms with Gasteiger partial charge in [0.2, 0.25) is 20.3 Å². The molecule has 1 N–H and O–H groups in total. The van der Waals surface area contributed by atoms with Crippen molar-refractivity contribution in [1.82, 2.24) is 19.9 Å². The summed E-state index contributed by atoms with van der Waals surface area (Å²) in [5, 5.41) is 11.0. The molecule has 0 aliphatic carbocycles. The summed E-state index contributed by atoms with van der Waals surface area (Å²) >= 11 is 5.01. The molecule has 6 rings (SSSR count). The fourth-order valence-electron chi connectivity index (χ4n) is 5.84. The molecule has 0 fully saturated rings. The van der Waals surface area contributed by atoms with E-state index in [0.717, 1.165) is 10.4 Å². The van der Waals surface area contributed by atoms with Crippen molar-refractivity contribution in [3.63, 3.8) is 0 Å². The van der Waals surface area contributed by atoms with Crippen LogP contribution in [0.2, 0.25) is 18.1 Å². The first-order chi connectivity index (χ1) is 29.7. The average molecular weight is 950 g/mol. The first-order valence-electron chi connectivity index (χ1n) is 20.0. The van der Waals surface area contributed by atoms with Gasteiger partial charge in [-0.15, -0.1) is 11.3 Å². The molecule has 0 unspecified atom stereocenters. The van der Waals surface area contributed by atoms with Crippen LogP contribution in [0.1, 0.15) is 32.0 Å². The van der Waals surface area contributed by atoms with Gasteiger partial charge in [-0.3, -0.25) is 0 Å². The Hall–Kier alpha value is -5.04. The van der Waals surface area contributed by atoms with Crippen LogP contribution in [0.25, 0.3) is 32.0 Å². The fourth-order valence-corrected chi connectivity index (χ4v) is 8.85. The van der Waals surface area contributed by atoms with Crippen LogP contribution in [0.4, 0.5) is 4.39 Å². The Morgan fingerprint density at radius 1 is 0.887 bits per heavy atom. The van der Waals surface area contributed by atoms with Gasteiger partial charge in [-0.2, -0.15) is 0 Å². The Bertz CT molecular complexity index is 2430. The van der Waals surface area contributed by atoms with Crippen molar-refractivity contribution in [2.75, 3.05) is 46.8 Å². The van der Waals surface area contributed by atoms with Crippen LogP contribution in [-0.2, 0) is 32.0 Å². The minimum absolute atomic E-state index is 0.0490. The van der Waals surface area contributed by atoms with Gasteiger partial charge in [-0.1, -0.05) is 45.0 Å². The van der Waals surface area contributed by atoms with Crippen LogP contribution >= 0.6 is 27.3 Å². The number of benzene rings is 3. The second kappa shape index (κ2) is 21.4. The fraction of sp³-hybridized carbons (Fsp3) is 0.356. The minimum atomic E-state index is -2.28. The summed E-state index contributed by atoms with van der Waals surface area (Å²) in [5.41, 5.74) is 2.59. The molecular weight excluding hydrogens is 900 g/mol. The molecule has 0 aliphatic rings. The van der Waals surface area contributed by atoms with E-state index in [1.165, 1.54) is 29.8 Å². The largest absolute Gasteiger partial charge is 0.543 e. The van der Waals surface area contributed by atoms with E-state index in [2.05, 4.69) is 64.7 Å². The van der Waals surface area contributed by atoms with Crippen molar-refractivity contribution in [3.8, 4) is 45.0 Å². The summed E-state index contributed by atoms with van der Waals surface area (Å²) in [5.74, 6) is 0.603. The van der Waals surface area contributed by atoms with Crippen molar-refractivity contribution in [2.45, 2.75) is 58.0 Å². The normalized spacial score (nSPS) is 12.3. The van der Waals surface area contributed by atoms with Crippen molar-refractivity contribution < 1.29 is 47.1 Å². The lowest BCUT2D eigenvalue weighted by molar-refractivity contribution is -0.145. The first kappa shape index (κ1) is 46.5. The van der Waals surface area contributed by atoms with E-state index in [4.69, 9.17) is 37.8 Å². The first-order valence-corrected chi connectivity index (χ1v) is 24.5. The van der Waals surface area contributed by atoms with E-state index in [1.54, 1.807) is 37.6 Å². The SMILES string of the molecule is COCCOCCOCCOc1ccccc1-c1nccc(COc2ccc(O[Si](C)(C)C(C)(C)C)cc2C[C@@H](Oc2ncnc3sc(-c4ccc(F)cc4)c(Br)c23)C(=O)O)n1. The minimum Gasteiger partial charge on any atom is -0.543 e. The molecule has 0 saturated heterocycles. The smallest absolute Gasteiger partial charge is 0.345 e. The number of hydrogen-bond donors (Lipinski definition) is 1. The topological polar surface area (TPSA) is 153 Å². The molecule has 328 valence electrons. The van der Waals surface area contributed by atoms with Crippen LogP contribution in [0.15, 0.2) is 89.8 Å². The number of hydrogen-bond acceptors (Lipinski definition) is 13. The Kier molecular flexibility index (Phi) is 16.0. The maximum absolute atomic E-state index is 13.7. The van der Waals surface area contributed by atoms with Crippen molar-refractivity contribution in [1.29, 1.82) is 0 Å². The maximum atomic E-state index is 13.7. The van der Waals surface area contributed by atoms with Gasteiger partial charge in [0.1, 0.15) is 47.4 Å². The lowest BCUT2D eigenvalue weighted by Crippen LogP contribution is -2.43. The van der Waals surface area contributed by atoms with Crippen molar-refractivity contribution in [2.24, 2.45) is 0 Å². The van der Waals surface area contributed by atoms with Crippen LogP contribution in [0.5, 0.6) is 23.1 Å². The van der Waals surface area contributed by atoms with Crippen LogP contribution in [0.3, 0.4) is 0 Å².